The monoisotopic (exact) mass is 385 g/mol. The van der Waals surface area contributed by atoms with Gasteiger partial charge in [-0.05, 0) is 81.1 Å². The predicted octanol–water partition coefficient (Wildman–Crippen LogP) is 3.62. The van der Waals surface area contributed by atoms with E-state index in [1.165, 1.54) is 6.42 Å². The zero-order chi connectivity index (χ0) is 19.4. The summed E-state index contributed by atoms with van der Waals surface area (Å²) < 4.78 is 2.01. The summed E-state index contributed by atoms with van der Waals surface area (Å²) >= 11 is 0. The lowest BCUT2D eigenvalue weighted by molar-refractivity contribution is -0.210. The third-order valence-corrected chi connectivity index (χ3v) is 8.59. The van der Waals surface area contributed by atoms with Crippen LogP contribution < -0.4 is 0 Å². The van der Waals surface area contributed by atoms with Gasteiger partial charge in [-0.25, -0.2) is 0 Å². The first-order valence-electron chi connectivity index (χ1n) is 11.4. The number of carbonyl (C=O) groups excluding carboxylic acids is 1. The maximum absolute atomic E-state index is 13.7. The lowest BCUT2D eigenvalue weighted by Gasteiger charge is -2.65. The van der Waals surface area contributed by atoms with Gasteiger partial charge in [0.15, 0.2) is 0 Å². The van der Waals surface area contributed by atoms with Crippen LogP contribution in [0.3, 0.4) is 0 Å². The van der Waals surface area contributed by atoms with Crippen LogP contribution in [0.4, 0.5) is 0 Å². The molecule has 4 aliphatic carbocycles. The van der Waals surface area contributed by atoms with E-state index in [-0.39, 0.29) is 10.8 Å². The summed E-state index contributed by atoms with van der Waals surface area (Å²) in [7, 11) is 0. The van der Waals surface area contributed by atoms with E-state index in [1.807, 2.05) is 23.1 Å². The smallest absolute Gasteiger partial charge is 0.228 e. The highest BCUT2D eigenvalue weighted by atomic mass is 16.3. The van der Waals surface area contributed by atoms with Crippen molar-refractivity contribution >= 4 is 5.91 Å². The highest BCUT2D eigenvalue weighted by Crippen LogP contribution is 2.68. The number of aryl methyl sites for hydroxylation is 1. The summed E-state index contributed by atoms with van der Waals surface area (Å²) in [6, 6.07) is 1.98. The molecule has 1 aromatic heterocycles. The van der Waals surface area contributed by atoms with E-state index >= 15 is 0 Å². The average Bonchev–Trinajstić information content (AvgIpc) is 3.18. The molecule has 5 nitrogen and oxygen atoms in total. The molecule has 6 rings (SSSR count). The zero-order valence-corrected chi connectivity index (χ0v) is 17.3. The normalized spacial score (nSPS) is 40.2. The number of nitrogens with zero attached hydrogens (tertiary/aromatic N) is 3. The summed E-state index contributed by atoms with van der Waals surface area (Å²) in [5.41, 5.74) is -0.634. The number of piperidine rings is 1. The summed E-state index contributed by atoms with van der Waals surface area (Å²) in [5, 5.41) is 15.5. The van der Waals surface area contributed by atoms with Gasteiger partial charge in [-0.3, -0.25) is 9.48 Å². The lowest BCUT2D eigenvalue weighted by Crippen LogP contribution is -2.64. The molecule has 5 fully saturated rings. The van der Waals surface area contributed by atoms with Crippen LogP contribution >= 0.6 is 0 Å². The largest absolute Gasteiger partial charge is 0.390 e. The molecule has 1 N–H and O–H groups in total. The maximum atomic E-state index is 13.7. The molecule has 1 aliphatic heterocycles. The topological polar surface area (TPSA) is 58.4 Å². The van der Waals surface area contributed by atoms with Gasteiger partial charge in [-0.2, -0.15) is 5.10 Å². The second-order valence-corrected chi connectivity index (χ2v) is 10.7. The minimum Gasteiger partial charge on any atom is -0.390 e. The maximum Gasteiger partial charge on any atom is 0.228 e. The van der Waals surface area contributed by atoms with Crippen LogP contribution in [-0.4, -0.2) is 44.4 Å². The van der Waals surface area contributed by atoms with Gasteiger partial charge in [0, 0.05) is 32.0 Å². The Morgan fingerprint density at radius 1 is 1.18 bits per heavy atom. The lowest BCUT2D eigenvalue weighted by atomic mass is 9.42. The zero-order valence-electron chi connectivity index (χ0n) is 17.3. The first-order valence-corrected chi connectivity index (χ1v) is 11.4. The average molecular weight is 386 g/mol. The Morgan fingerprint density at radius 2 is 2.00 bits per heavy atom. The molecule has 28 heavy (non-hydrogen) atoms. The Hall–Kier alpha value is -1.36. The van der Waals surface area contributed by atoms with E-state index in [2.05, 4.69) is 16.9 Å². The van der Waals surface area contributed by atoms with Crippen molar-refractivity contribution < 1.29 is 9.90 Å². The third kappa shape index (κ3) is 3.10. The van der Waals surface area contributed by atoms with Gasteiger partial charge in [0.25, 0.3) is 0 Å². The van der Waals surface area contributed by atoms with E-state index in [1.54, 1.807) is 0 Å². The van der Waals surface area contributed by atoms with Gasteiger partial charge in [-0.15, -0.1) is 0 Å². The summed E-state index contributed by atoms with van der Waals surface area (Å²) in [6.45, 7) is 5.03. The molecule has 0 spiro atoms. The van der Waals surface area contributed by atoms with Crippen LogP contribution in [0.2, 0.25) is 0 Å². The Labute approximate surface area is 168 Å². The van der Waals surface area contributed by atoms with Gasteiger partial charge in [0.1, 0.15) is 0 Å². The predicted molar refractivity (Wildman–Crippen MR) is 107 cm³/mol. The fourth-order valence-corrected chi connectivity index (χ4v) is 7.73. The Bertz CT molecular complexity index is 726. The van der Waals surface area contributed by atoms with Crippen molar-refractivity contribution in [3.05, 3.63) is 18.5 Å². The number of hydrogen-bond donors (Lipinski definition) is 1. The number of rotatable bonds is 5. The molecule has 1 amide bonds. The van der Waals surface area contributed by atoms with E-state index < -0.39 is 5.60 Å². The molecular formula is C23H35N3O2. The van der Waals surface area contributed by atoms with Gasteiger partial charge < -0.3 is 10.0 Å². The number of hydrogen-bond acceptors (Lipinski definition) is 3. The number of likely N-dealkylation sites (tertiary alicyclic amines) is 1. The molecule has 0 aromatic carbocycles. The summed E-state index contributed by atoms with van der Waals surface area (Å²) in [5.74, 6) is 1.62. The second-order valence-electron chi connectivity index (χ2n) is 10.7. The molecule has 5 heteroatoms. The van der Waals surface area contributed by atoms with E-state index in [0.717, 1.165) is 77.4 Å². The van der Waals surface area contributed by atoms with Crippen molar-refractivity contribution in [2.45, 2.75) is 83.3 Å². The van der Waals surface area contributed by atoms with Crippen molar-refractivity contribution in [2.75, 3.05) is 13.1 Å². The number of aliphatic hydroxyl groups is 1. The van der Waals surface area contributed by atoms with Crippen LogP contribution in [0.1, 0.15) is 71.1 Å². The van der Waals surface area contributed by atoms with Crippen LogP contribution in [0.25, 0.3) is 0 Å². The molecule has 5 aliphatic rings. The third-order valence-electron chi connectivity index (χ3n) is 8.59. The van der Waals surface area contributed by atoms with Gasteiger partial charge in [0.2, 0.25) is 5.91 Å². The molecule has 0 radical (unpaired) electrons. The van der Waals surface area contributed by atoms with Crippen molar-refractivity contribution in [2.24, 2.45) is 22.7 Å². The van der Waals surface area contributed by atoms with E-state index in [4.69, 9.17) is 0 Å². The van der Waals surface area contributed by atoms with Crippen LogP contribution in [0.5, 0.6) is 0 Å². The fourth-order valence-electron chi connectivity index (χ4n) is 7.73. The van der Waals surface area contributed by atoms with E-state index in [0.29, 0.717) is 17.7 Å². The Morgan fingerprint density at radius 3 is 2.68 bits per heavy atom. The molecule has 1 saturated heterocycles. The SMILES string of the molecule is CCC12CC3CC(O)(C1)CC(C(=O)N1CCC(CCn4cccn4)CC1)(C3)C2. The van der Waals surface area contributed by atoms with Gasteiger partial charge in [-0.1, -0.05) is 13.3 Å². The second kappa shape index (κ2) is 6.58. The number of amides is 1. The van der Waals surface area contributed by atoms with Crippen molar-refractivity contribution in [1.29, 1.82) is 0 Å². The van der Waals surface area contributed by atoms with Gasteiger partial charge >= 0.3 is 0 Å². The van der Waals surface area contributed by atoms with Crippen LogP contribution in [0, 0.1) is 22.7 Å². The summed E-state index contributed by atoms with van der Waals surface area (Å²) in [4.78, 5) is 15.9. The highest BCUT2D eigenvalue weighted by molar-refractivity contribution is 5.83. The molecule has 4 unspecified atom stereocenters. The summed E-state index contributed by atoms with van der Waals surface area (Å²) in [6.07, 6.45) is 14.2. The number of aromatic nitrogens is 2. The fraction of sp³-hybridized carbons (Fsp3) is 0.826. The Kier molecular flexibility index (Phi) is 4.38. The quantitative estimate of drug-likeness (QED) is 0.842. The Balaban J connectivity index is 1.23. The van der Waals surface area contributed by atoms with E-state index in [9.17, 15) is 9.90 Å². The van der Waals surface area contributed by atoms with Crippen molar-refractivity contribution in [1.82, 2.24) is 14.7 Å². The molecule has 2 heterocycles. The first-order chi connectivity index (χ1) is 13.4. The minimum absolute atomic E-state index is 0.214. The molecule has 154 valence electrons. The minimum atomic E-state index is -0.576. The molecule has 1 aromatic rings. The van der Waals surface area contributed by atoms with Crippen LogP contribution in [-0.2, 0) is 11.3 Å². The standard InChI is InChI=1S/C23H35N3O2/c1-2-21-12-19-13-22(15-21,17-23(28,14-19)16-21)20(27)25-9-4-18(5-10-25)6-11-26-8-3-7-24-26/h3,7-8,18-19,28H,2,4-6,9-17H2,1H3. The molecule has 4 atom stereocenters. The first kappa shape index (κ1) is 18.7. The van der Waals surface area contributed by atoms with Crippen LogP contribution in [0.15, 0.2) is 18.5 Å². The number of carbonyl (C=O) groups is 1. The molecule has 4 bridgehead atoms. The highest BCUT2D eigenvalue weighted by Gasteiger charge is 2.65. The molecular weight excluding hydrogens is 350 g/mol. The van der Waals surface area contributed by atoms with Crippen molar-refractivity contribution in [3.63, 3.8) is 0 Å². The van der Waals surface area contributed by atoms with Crippen molar-refractivity contribution in [3.8, 4) is 0 Å². The van der Waals surface area contributed by atoms with Gasteiger partial charge in [0.05, 0.1) is 11.0 Å². The molecule has 4 saturated carbocycles.